The summed E-state index contributed by atoms with van der Waals surface area (Å²) in [5.74, 6) is 0. The second kappa shape index (κ2) is 8.47. The van der Waals surface area contributed by atoms with Gasteiger partial charge in [-0.3, -0.25) is 0 Å². The molecular formula is C8H16NO. The van der Waals surface area contributed by atoms with E-state index in [4.69, 9.17) is 4.84 Å². The standard InChI is InChI=1S/C8H16NO/c1-3-5-6-7-8-10-9-4-2/h4H,2-3,5-8H2,1H3. The van der Waals surface area contributed by atoms with Gasteiger partial charge in [0.1, 0.15) is 6.61 Å². The number of hydrogen-bond acceptors (Lipinski definition) is 2. The van der Waals surface area contributed by atoms with Crippen molar-refractivity contribution in [3.05, 3.63) is 6.92 Å². The third-order valence-corrected chi connectivity index (χ3v) is 1.24. The predicted molar refractivity (Wildman–Crippen MR) is 43.9 cm³/mol. The van der Waals surface area contributed by atoms with Crippen molar-refractivity contribution in [1.29, 1.82) is 0 Å². The van der Waals surface area contributed by atoms with Gasteiger partial charge in [0, 0.05) is 6.21 Å². The summed E-state index contributed by atoms with van der Waals surface area (Å²) in [6.45, 7) is 6.32. The van der Waals surface area contributed by atoms with Gasteiger partial charge in [-0.15, -0.1) is 0 Å². The summed E-state index contributed by atoms with van der Waals surface area (Å²) in [5, 5.41) is 3.53. The summed E-state index contributed by atoms with van der Waals surface area (Å²) < 4.78 is 0. The molecule has 0 amide bonds. The lowest BCUT2D eigenvalue weighted by molar-refractivity contribution is 0.141. The zero-order valence-electron chi connectivity index (χ0n) is 6.68. The quantitative estimate of drug-likeness (QED) is 0.317. The molecule has 0 aromatic rings. The molecule has 0 aliphatic heterocycles. The minimum Gasteiger partial charge on any atom is -0.396 e. The molecule has 0 aliphatic rings. The molecule has 0 aliphatic carbocycles. The average Bonchev–Trinajstić information content (AvgIpc) is 1.97. The summed E-state index contributed by atoms with van der Waals surface area (Å²) in [6, 6.07) is 0. The number of rotatable bonds is 6. The van der Waals surface area contributed by atoms with Crippen molar-refractivity contribution in [2.45, 2.75) is 32.6 Å². The summed E-state index contributed by atoms with van der Waals surface area (Å²) in [7, 11) is 0. The largest absolute Gasteiger partial charge is 0.396 e. The maximum absolute atomic E-state index is 4.84. The molecule has 0 saturated heterocycles. The highest BCUT2D eigenvalue weighted by Crippen LogP contribution is 1.98. The van der Waals surface area contributed by atoms with Crippen LogP contribution in [0.15, 0.2) is 5.16 Å². The molecule has 0 unspecified atom stereocenters. The molecule has 10 heavy (non-hydrogen) atoms. The van der Waals surface area contributed by atoms with Gasteiger partial charge in [0.05, 0.1) is 0 Å². The zero-order chi connectivity index (χ0) is 7.66. The normalized spacial score (nSPS) is 10.6. The first-order valence-corrected chi connectivity index (χ1v) is 3.84. The van der Waals surface area contributed by atoms with Crippen LogP contribution in [0.3, 0.4) is 0 Å². The van der Waals surface area contributed by atoms with E-state index in [2.05, 4.69) is 19.0 Å². The van der Waals surface area contributed by atoms with Crippen molar-refractivity contribution in [1.82, 2.24) is 0 Å². The van der Waals surface area contributed by atoms with Crippen LogP contribution < -0.4 is 0 Å². The van der Waals surface area contributed by atoms with Crippen LogP contribution in [0.2, 0.25) is 0 Å². The smallest absolute Gasteiger partial charge is 0.117 e. The fourth-order valence-electron chi connectivity index (χ4n) is 0.699. The first kappa shape index (κ1) is 9.47. The van der Waals surface area contributed by atoms with Crippen molar-refractivity contribution in [3.63, 3.8) is 0 Å². The van der Waals surface area contributed by atoms with Gasteiger partial charge in [-0.1, -0.05) is 24.9 Å². The minimum atomic E-state index is 0.728. The summed E-state index contributed by atoms with van der Waals surface area (Å²) in [4.78, 5) is 4.84. The third-order valence-electron chi connectivity index (χ3n) is 1.24. The van der Waals surface area contributed by atoms with Crippen molar-refractivity contribution < 1.29 is 4.84 Å². The Bertz CT molecular complexity index is 81.3. The van der Waals surface area contributed by atoms with Crippen LogP contribution in [-0.2, 0) is 4.84 Å². The third kappa shape index (κ3) is 7.47. The SMILES string of the molecule is [CH2]C=NOCCCCCC. The highest BCUT2D eigenvalue weighted by Gasteiger charge is 1.85. The molecule has 0 aromatic heterocycles. The van der Waals surface area contributed by atoms with Gasteiger partial charge in [-0.2, -0.15) is 0 Å². The first-order valence-electron chi connectivity index (χ1n) is 3.84. The van der Waals surface area contributed by atoms with Gasteiger partial charge in [-0.05, 0) is 19.8 Å². The monoisotopic (exact) mass is 142 g/mol. The van der Waals surface area contributed by atoms with E-state index in [1.54, 1.807) is 0 Å². The predicted octanol–water partition coefficient (Wildman–Crippen LogP) is 2.40. The Kier molecular flexibility index (Phi) is 8.02. The molecule has 2 nitrogen and oxygen atoms in total. The van der Waals surface area contributed by atoms with Crippen LogP contribution in [0.1, 0.15) is 32.6 Å². The lowest BCUT2D eigenvalue weighted by Crippen LogP contribution is -1.87. The molecule has 0 heterocycles. The van der Waals surface area contributed by atoms with Gasteiger partial charge in [0.2, 0.25) is 0 Å². The van der Waals surface area contributed by atoms with E-state index >= 15 is 0 Å². The average molecular weight is 142 g/mol. The molecule has 0 fully saturated rings. The van der Waals surface area contributed by atoms with Gasteiger partial charge in [-0.25, -0.2) is 0 Å². The van der Waals surface area contributed by atoms with Crippen molar-refractivity contribution in [2.24, 2.45) is 5.16 Å². The molecule has 0 saturated carbocycles. The minimum absolute atomic E-state index is 0.728. The van der Waals surface area contributed by atoms with E-state index in [0.29, 0.717) is 0 Å². The summed E-state index contributed by atoms with van der Waals surface area (Å²) >= 11 is 0. The van der Waals surface area contributed by atoms with Gasteiger partial charge >= 0.3 is 0 Å². The Labute approximate surface area is 63.3 Å². The molecule has 0 rings (SSSR count). The molecule has 0 bridgehead atoms. The van der Waals surface area contributed by atoms with Crippen LogP contribution in [-0.4, -0.2) is 12.8 Å². The molecule has 1 radical (unpaired) electrons. The molecule has 59 valence electrons. The fourth-order valence-corrected chi connectivity index (χ4v) is 0.699. The molecule has 0 aromatic carbocycles. The second-order valence-electron chi connectivity index (χ2n) is 2.18. The maximum atomic E-state index is 4.84. The number of hydrogen-bond donors (Lipinski definition) is 0. The van der Waals surface area contributed by atoms with E-state index in [0.717, 1.165) is 13.0 Å². The topological polar surface area (TPSA) is 21.6 Å². The van der Waals surface area contributed by atoms with E-state index in [1.165, 1.54) is 25.5 Å². The zero-order valence-corrected chi connectivity index (χ0v) is 6.68. The number of nitrogens with zero attached hydrogens (tertiary/aromatic N) is 1. The van der Waals surface area contributed by atoms with E-state index < -0.39 is 0 Å². The lowest BCUT2D eigenvalue weighted by Gasteiger charge is -1.96. The maximum Gasteiger partial charge on any atom is 0.117 e. The molecular weight excluding hydrogens is 126 g/mol. The van der Waals surface area contributed by atoms with E-state index in [1.807, 2.05) is 0 Å². The fraction of sp³-hybridized carbons (Fsp3) is 0.750. The summed E-state index contributed by atoms with van der Waals surface area (Å²) in [6.07, 6.45) is 6.31. The van der Waals surface area contributed by atoms with Gasteiger partial charge in [0.15, 0.2) is 0 Å². The van der Waals surface area contributed by atoms with Crippen LogP contribution in [0.25, 0.3) is 0 Å². The van der Waals surface area contributed by atoms with Gasteiger partial charge in [0.25, 0.3) is 0 Å². The first-order chi connectivity index (χ1) is 4.91. The van der Waals surface area contributed by atoms with Crippen LogP contribution in [0, 0.1) is 6.92 Å². The molecule has 0 atom stereocenters. The molecule has 2 heteroatoms. The Morgan fingerprint density at radius 1 is 1.40 bits per heavy atom. The molecule has 0 spiro atoms. The van der Waals surface area contributed by atoms with E-state index in [9.17, 15) is 0 Å². The van der Waals surface area contributed by atoms with Crippen molar-refractivity contribution in [3.8, 4) is 0 Å². The highest BCUT2D eigenvalue weighted by molar-refractivity contribution is 5.60. The lowest BCUT2D eigenvalue weighted by atomic mass is 10.2. The van der Waals surface area contributed by atoms with Crippen LogP contribution in [0.4, 0.5) is 0 Å². The van der Waals surface area contributed by atoms with E-state index in [-0.39, 0.29) is 0 Å². The Hall–Kier alpha value is -0.530. The highest BCUT2D eigenvalue weighted by atomic mass is 16.6. The number of oxime groups is 1. The molecule has 0 N–H and O–H groups in total. The number of unbranched alkanes of at least 4 members (excludes halogenated alkanes) is 3. The van der Waals surface area contributed by atoms with Crippen LogP contribution >= 0.6 is 0 Å². The Morgan fingerprint density at radius 3 is 2.80 bits per heavy atom. The van der Waals surface area contributed by atoms with Crippen molar-refractivity contribution >= 4 is 6.21 Å². The Morgan fingerprint density at radius 2 is 2.20 bits per heavy atom. The second-order valence-corrected chi connectivity index (χ2v) is 2.18. The summed E-state index contributed by atoms with van der Waals surface area (Å²) in [5.41, 5.74) is 0. The Balaban J connectivity index is 2.77. The van der Waals surface area contributed by atoms with Crippen LogP contribution in [0.5, 0.6) is 0 Å². The van der Waals surface area contributed by atoms with Gasteiger partial charge < -0.3 is 4.84 Å². The van der Waals surface area contributed by atoms with Crippen molar-refractivity contribution in [2.75, 3.05) is 6.61 Å².